The van der Waals surface area contributed by atoms with Gasteiger partial charge in [-0.15, -0.1) is 0 Å². The molecule has 1 saturated heterocycles. The average molecular weight is 379 g/mol. The predicted octanol–water partition coefficient (Wildman–Crippen LogP) is 2.58. The fourth-order valence-electron chi connectivity index (χ4n) is 4.13. The van der Waals surface area contributed by atoms with Crippen molar-refractivity contribution in [3.8, 4) is 11.3 Å². The maximum atomic E-state index is 9.23. The van der Waals surface area contributed by atoms with Gasteiger partial charge in [0.2, 0.25) is 0 Å². The second kappa shape index (κ2) is 7.14. The van der Waals surface area contributed by atoms with Crippen molar-refractivity contribution in [3.05, 3.63) is 36.3 Å². The minimum atomic E-state index is 0.270. The summed E-state index contributed by atoms with van der Waals surface area (Å²) >= 11 is 0. The topological polar surface area (TPSA) is 76.3 Å². The van der Waals surface area contributed by atoms with Gasteiger partial charge in [-0.2, -0.15) is 5.10 Å². The van der Waals surface area contributed by atoms with E-state index in [0.29, 0.717) is 12.0 Å². The molecule has 3 heterocycles. The van der Waals surface area contributed by atoms with Crippen molar-refractivity contribution in [2.24, 2.45) is 5.92 Å². The molecule has 0 unspecified atom stereocenters. The van der Waals surface area contributed by atoms with Gasteiger partial charge in [-0.3, -0.25) is 9.67 Å². The molecule has 5 rings (SSSR count). The molecule has 0 bridgehead atoms. The molecule has 146 valence electrons. The van der Waals surface area contributed by atoms with Gasteiger partial charge in [0.25, 0.3) is 0 Å². The van der Waals surface area contributed by atoms with Crippen LogP contribution in [0.1, 0.15) is 24.6 Å². The number of aromatic nitrogens is 4. The molecule has 0 radical (unpaired) electrons. The Morgan fingerprint density at radius 2 is 2.00 bits per heavy atom. The third kappa shape index (κ3) is 3.14. The van der Waals surface area contributed by atoms with E-state index in [1.54, 1.807) is 0 Å². The van der Waals surface area contributed by atoms with Crippen LogP contribution in [0.2, 0.25) is 0 Å². The van der Waals surface area contributed by atoms with Gasteiger partial charge in [0.1, 0.15) is 0 Å². The van der Waals surface area contributed by atoms with E-state index >= 15 is 0 Å². The highest BCUT2D eigenvalue weighted by Crippen LogP contribution is 2.38. The number of hydrogen-bond acceptors (Lipinski definition) is 6. The molecule has 0 spiro atoms. The number of nitrogens with zero attached hydrogens (tertiary/aromatic N) is 5. The van der Waals surface area contributed by atoms with Gasteiger partial charge >= 0.3 is 0 Å². The van der Waals surface area contributed by atoms with Crippen molar-refractivity contribution in [2.45, 2.75) is 25.8 Å². The summed E-state index contributed by atoms with van der Waals surface area (Å²) in [6.45, 7) is 5.65. The molecular weight excluding hydrogens is 354 g/mol. The molecule has 1 saturated carbocycles. The molecule has 0 atom stereocenters. The van der Waals surface area contributed by atoms with Crippen molar-refractivity contribution in [1.82, 2.24) is 19.7 Å². The van der Waals surface area contributed by atoms with Crippen LogP contribution in [0.5, 0.6) is 0 Å². The second-order valence-corrected chi connectivity index (χ2v) is 7.81. The zero-order chi connectivity index (χ0) is 19.1. The Hall–Kier alpha value is -2.51. The first-order valence-corrected chi connectivity index (χ1v) is 9.98. The lowest BCUT2D eigenvalue weighted by atomic mass is 9.81. The molecule has 1 aliphatic carbocycles. The minimum Gasteiger partial charge on any atom is -0.396 e. The molecule has 1 aliphatic heterocycles. The van der Waals surface area contributed by atoms with Crippen LogP contribution in [0.4, 0.5) is 5.69 Å². The third-order valence-electron chi connectivity index (χ3n) is 5.94. The lowest BCUT2D eigenvalue weighted by molar-refractivity contribution is 0.105. The summed E-state index contributed by atoms with van der Waals surface area (Å²) in [5.41, 5.74) is 5.82. The third-order valence-corrected chi connectivity index (χ3v) is 5.94. The first-order valence-electron chi connectivity index (χ1n) is 9.98. The van der Waals surface area contributed by atoms with Gasteiger partial charge < -0.3 is 14.7 Å². The Bertz CT molecular complexity index is 990. The van der Waals surface area contributed by atoms with Crippen molar-refractivity contribution < 1.29 is 9.84 Å². The fraction of sp³-hybridized carbons (Fsp3) is 0.476. The van der Waals surface area contributed by atoms with Crippen LogP contribution in [-0.2, 0) is 4.74 Å². The highest BCUT2D eigenvalue weighted by molar-refractivity contribution is 5.81. The van der Waals surface area contributed by atoms with Crippen LogP contribution in [0.25, 0.3) is 22.3 Å². The number of rotatable bonds is 4. The van der Waals surface area contributed by atoms with Crippen LogP contribution in [0.3, 0.4) is 0 Å². The largest absolute Gasteiger partial charge is 0.396 e. The molecule has 7 nitrogen and oxygen atoms in total. The number of fused-ring (bicyclic) bond motifs is 1. The molecule has 7 heteroatoms. The summed E-state index contributed by atoms with van der Waals surface area (Å²) in [5.74, 6) is 0.416. The van der Waals surface area contributed by atoms with E-state index in [1.165, 1.54) is 5.69 Å². The maximum Gasteiger partial charge on any atom is 0.0927 e. The van der Waals surface area contributed by atoms with Gasteiger partial charge in [0.05, 0.1) is 47.9 Å². The summed E-state index contributed by atoms with van der Waals surface area (Å²) in [7, 11) is 0. The first-order chi connectivity index (χ1) is 13.7. The first kappa shape index (κ1) is 17.6. The number of ether oxygens (including phenoxy) is 1. The Balaban J connectivity index is 1.41. The zero-order valence-corrected chi connectivity index (χ0v) is 16.1. The van der Waals surface area contributed by atoms with E-state index in [-0.39, 0.29) is 6.61 Å². The highest BCUT2D eigenvalue weighted by Gasteiger charge is 2.31. The van der Waals surface area contributed by atoms with E-state index < -0.39 is 0 Å². The molecule has 28 heavy (non-hydrogen) atoms. The molecule has 1 aromatic carbocycles. The molecule has 3 aromatic rings. The van der Waals surface area contributed by atoms with Gasteiger partial charge in [0.15, 0.2) is 0 Å². The standard InChI is InChI=1S/C21H25N5O2/c1-14-18(12-26(24-14)17-8-15(9-17)13-27)21-11-22-20-10-16(2-3-19(20)23-21)25-4-6-28-7-5-25/h2-3,10-12,15,17,27H,4-9,13H2,1H3. The lowest BCUT2D eigenvalue weighted by Gasteiger charge is -2.34. The predicted molar refractivity (Wildman–Crippen MR) is 107 cm³/mol. The molecule has 2 fully saturated rings. The van der Waals surface area contributed by atoms with E-state index in [1.807, 2.05) is 23.9 Å². The van der Waals surface area contributed by atoms with Gasteiger partial charge in [0, 0.05) is 37.1 Å². The SMILES string of the molecule is Cc1nn(C2CC(CO)C2)cc1-c1cnc2cc(N3CCOCC3)ccc2n1. The monoisotopic (exact) mass is 379 g/mol. The normalized spacial score (nSPS) is 22.4. The van der Waals surface area contributed by atoms with Gasteiger partial charge in [-0.1, -0.05) is 0 Å². The quantitative estimate of drug-likeness (QED) is 0.751. The summed E-state index contributed by atoms with van der Waals surface area (Å²) < 4.78 is 7.47. The Labute approximate surface area is 164 Å². The van der Waals surface area contributed by atoms with Crippen molar-refractivity contribution in [3.63, 3.8) is 0 Å². The van der Waals surface area contributed by atoms with Crippen LogP contribution in [0, 0.1) is 12.8 Å². The Morgan fingerprint density at radius 1 is 1.18 bits per heavy atom. The van der Waals surface area contributed by atoms with E-state index in [2.05, 4.69) is 33.3 Å². The van der Waals surface area contributed by atoms with Crippen molar-refractivity contribution in [1.29, 1.82) is 0 Å². The van der Waals surface area contributed by atoms with Crippen LogP contribution >= 0.6 is 0 Å². The molecule has 2 aliphatic rings. The number of anilines is 1. The molecule has 2 aromatic heterocycles. The summed E-state index contributed by atoms with van der Waals surface area (Å²) in [6, 6.07) is 6.66. The summed E-state index contributed by atoms with van der Waals surface area (Å²) in [6.07, 6.45) is 5.90. The lowest BCUT2D eigenvalue weighted by Crippen LogP contribution is -2.36. The molecular formula is C21H25N5O2. The van der Waals surface area contributed by atoms with E-state index in [9.17, 15) is 5.11 Å². The van der Waals surface area contributed by atoms with Gasteiger partial charge in [-0.25, -0.2) is 4.98 Å². The molecule has 1 N–H and O–H groups in total. The Kier molecular flexibility index (Phi) is 4.49. The van der Waals surface area contributed by atoms with Crippen LogP contribution in [-0.4, -0.2) is 57.8 Å². The van der Waals surface area contributed by atoms with E-state index in [4.69, 9.17) is 9.72 Å². The second-order valence-electron chi connectivity index (χ2n) is 7.81. The smallest absolute Gasteiger partial charge is 0.0927 e. The van der Waals surface area contributed by atoms with Crippen LogP contribution in [0.15, 0.2) is 30.6 Å². The van der Waals surface area contributed by atoms with Crippen molar-refractivity contribution >= 4 is 16.7 Å². The number of morpholine rings is 1. The Morgan fingerprint density at radius 3 is 2.79 bits per heavy atom. The molecule has 0 amide bonds. The maximum absolute atomic E-state index is 9.23. The minimum absolute atomic E-state index is 0.270. The average Bonchev–Trinajstić information content (AvgIpc) is 3.08. The van der Waals surface area contributed by atoms with Gasteiger partial charge in [-0.05, 0) is 43.9 Å². The number of aryl methyl sites for hydroxylation is 1. The number of benzene rings is 1. The number of hydrogen-bond donors (Lipinski definition) is 1. The summed E-state index contributed by atoms with van der Waals surface area (Å²) in [5, 5.41) is 13.9. The highest BCUT2D eigenvalue weighted by atomic mass is 16.5. The number of aliphatic hydroxyl groups is 1. The zero-order valence-electron chi connectivity index (χ0n) is 16.1. The van der Waals surface area contributed by atoms with Crippen molar-refractivity contribution in [2.75, 3.05) is 37.8 Å². The van der Waals surface area contributed by atoms with E-state index in [0.717, 1.165) is 67.1 Å². The summed E-state index contributed by atoms with van der Waals surface area (Å²) in [4.78, 5) is 11.8. The number of aliphatic hydroxyl groups excluding tert-OH is 1. The van der Waals surface area contributed by atoms with Crippen LogP contribution < -0.4 is 4.90 Å². The fourth-order valence-corrected chi connectivity index (χ4v) is 4.13.